The van der Waals surface area contributed by atoms with Gasteiger partial charge in [-0.2, -0.15) is 0 Å². The highest BCUT2D eigenvalue weighted by molar-refractivity contribution is 5.84. The van der Waals surface area contributed by atoms with E-state index in [1.165, 1.54) is 0 Å². The van der Waals surface area contributed by atoms with Crippen LogP contribution in [-0.4, -0.2) is 12.9 Å². The molecule has 0 aromatic heterocycles. The third-order valence-corrected chi connectivity index (χ3v) is 1.76. The molecular weight excluding hydrogens is 152 g/mol. The van der Waals surface area contributed by atoms with E-state index in [0.29, 0.717) is 12.2 Å². The molecular formula is C10H7O2. The molecule has 12 heavy (non-hydrogen) atoms. The van der Waals surface area contributed by atoms with Crippen molar-refractivity contribution in [1.29, 1.82) is 0 Å². The molecule has 0 N–H and O–H groups in total. The molecule has 0 amide bonds. The van der Waals surface area contributed by atoms with Crippen LogP contribution in [0.4, 0.5) is 0 Å². The number of para-hydroxylation sites is 1. The van der Waals surface area contributed by atoms with Crippen molar-refractivity contribution in [2.45, 2.75) is 0 Å². The van der Waals surface area contributed by atoms with Gasteiger partial charge in [0.2, 0.25) is 6.29 Å². The molecule has 0 saturated carbocycles. The molecule has 0 aliphatic carbocycles. The summed E-state index contributed by atoms with van der Waals surface area (Å²) in [5, 5.41) is 0. The van der Waals surface area contributed by atoms with Gasteiger partial charge in [-0.25, -0.2) is 0 Å². The Morgan fingerprint density at radius 2 is 2.17 bits per heavy atom. The van der Waals surface area contributed by atoms with Gasteiger partial charge < -0.3 is 4.74 Å². The van der Waals surface area contributed by atoms with Crippen molar-refractivity contribution in [2.75, 3.05) is 6.61 Å². The quantitative estimate of drug-likeness (QED) is 0.621. The maximum Gasteiger partial charge on any atom is 0.232 e. The van der Waals surface area contributed by atoms with Crippen molar-refractivity contribution in [2.24, 2.45) is 0 Å². The molecule has 1 aliphatic rings. The first-order chi connectivity index (χ1) is 5.90. The minimum absolute atomic E-state index is 0.334. The van der Waals surface area contributed by atoms with E-state index in [0.717, 1.165) is 11.3 Å². The first-order valence-electron chi connectivity index (χ1n) is 3.71. The Hall–Kier alpha value is -1.57. The molecule has 2 heteroatoms. The molecule has 1 heterocycles. The molecule has 0 spiro atoms. The van der Waals surface area contributed by atoms with E-state index >= 15 is 0 Å². The second-order valence-electron chi connectivity index (χ2n) is 2.60. The van der Waals surface area contributed by atoms with Gasteiger partial charge in [-0.3, -0.25) is 4.79 Å². The lowest BCUT2D eigenvalue weighted by atomic mass is 10.1. The maximum absolute atomic E-state index is 10.3. The van der Waals surface area contributed by atoms with Crippen LogP contribution >= 0.6 is 0 Å². The van der Waals surface area contributed by atoms with E-state index in [1.54, 1.807) is 6.08 Å². The molecule has 59 valence electrons. The van der Waals surface area contributed by atoms with Crippen molar-refractivity contribution in [3.63, 3.8) is 0 Å². The summed E-state index contributed by atoms with van der Waals surface area (Å²) >= 11 is 0. The van der Waals surface area contributed by atoms with E-state index in [4.69, 9.17) is 4.74 Å². The van der Waals surface area contributed by atoms with Gasteiger partial charge in [-0.1, -0.05) is 18.2 Å². The van der Waals surface area contributed by atoms with Gasteiger partial charge in [-0.05, 0) is 12.1 Å². The number of benzene rings is 1. The van der Waals surface area contributed by atoms with Crippen LogP contribution in [0.5, 0.6) is 5.75 Å². The topological polar surface area (TPSA) is 26.3 Å². The number of ether oxygens (including phenoxy) is 1. The number of rotatable bonds is 1. The van der Waals surface area contributed by atoms with Gasteiger partial charge in [0.1, 0.15) is 12.4 Å². The lowest BCUT2D eigenvalue weighted by Crippen LogP contribution is -2.07. The maximum atomic E-state index is 10.3. The minimum Gasteiger partial charge on any atom is -0.488 e. The van der Waals surface area contributed by atoms with Crippen molar-refractivity contribution in [3.05, 3.63) is 35.4 Å². The van der Waals surface area contributed by atoms with Crippen LogP contribution in [0.3, 0.4) is 0 Å². The molecule has 0 unspecified atom stereocenters. The summed E-state index contributed by atoms with van der Waals surface area (Å²) in [7, 11) is 0. The molecule has 1 aromatic carbocycles. The fourth-order valence-electron chi connectivity index (χ4n) is 1.18. The standard InChI is InChI=1S/C10H7O2/c11-6-8-5-9-3-1-2-4-10(9)12-7-8/h1-5H,7H2. The molecule has 0 bridgehead atoms. The van der Waals surface area contributed by atoms with Crippen molar-refractivity contribution >= 4 is 12.4 Å². The first-order valence-corrected chi connectivity index (χ1v) is 3.71. The fourth-order valence-corrected chi connectivity index (χ4v) is 1.18. The highest BCUT2D eigenvalue weighted by Crippen LogP contribution is 2.24. The van der Waals surface area contributed by atoms with Crippen molar-refractivity contribution < 1.29 is 9.53 Å². The van der Waals surface area contributed by atoms with E-state index in [1.807, 2.05) is 30.6 Å². The summed E-state index contributed by atoms with van der Waals surface area (Å²) in [6, 6.07) is 7.61. The van der Waals surface area contributed by atoms with E-state index in [-0.39, 0.29) is 0 Å². The van der Waals surface area contributed by atoms with Gasteiger partial charge in [-0.15, -0.1) is 0 Å². The number of carbonyl (C=O) groups excluding carboxylic acids is 1. The Bertz CT molecular complexity index is 339. The molecule has 1 aromatic rings. The SMILES string of the molecule is O=[C]C1=Cc2ccccc2OC1. The Morgan fingerprint density at radius 1 is 1.33 bits per heavy atom. The van der Waals surface area contributed by atoms with Crippen LogP contribution in [0.25, 0.3) is 6.08 Å². The fraction of sp³-hybridized carbons (Fsp3) is 0.100. The van der Waals surface area contributed by atoms with Gasteiger partial charge in [0.05, 0.1) is 0 Å². The third kappa shape index (κ3) is 1.11. The summed E-state index contributed by atoms with van der Waals surface area (Å²) in [6.45, 7) is 0.334. The van der Waals surface area contributed by atoms with Crippen LogP contribution in [-0.2, 0) is 4.79 Å². The van der Waals surface area contributed by atoms with Gasteiger partial charge in [0, 0.05) is 11.1 Å². The highest BCUT2D eigenvalue weighted by Gasteiger charge is 2.09. The van der Waals surface area contributed by atoms with Crippen LogP contribution in [0.2, 0.25) is 0 Å². The second-order valence-corrected chi connectivity index (χ2v) is 2.60. The number of hydrogen-bond acceptors (Lipinski definition) is 2. The van der Waals surface area contributed by atoms with Crippen LogP contribution in [0.15, 0.2) is 29.8 Å². The average molecular weight is 159 g/mol. The number of fused-ring (bicyclic) bond motifs is 1. The normalized spacial score (nSPS) is 14.2. The van der Waals surface area contributed by atoms with Crippen LogP contribution in [0, 0.1) is 0 Å². The Kier molecular flexibility index (Phi) is 1.67. The van der Waals surface area contributed by atoms with Crippen molar-refractivity contribution in [1.82, 2.24) is 0 Å². The van der Waals surface area contributed by atoms with Crippen molar-refractivity contribution in [3.8, 4) is 5.75 Å². The Morgan fingerprint density at radius 3 is 3.00 bits per heavy atom. The minimum atomic E-state index is 0.334. The van der Waals surface area contributed by atoms with Gasteiger partial charge in [0.25, 0.3) is 0 Å². The second kappa shape index (κ2) is 2.81. The molecule has 0 saturated heterocycles. The molecule has 2 rings (SSSR count). The molecule has 0 fully saturated rings. The predicted molar refractivity (Wildman–Crippen MR) is 45.6 cm³/mol. The first kappa shape index (κ1) is 7.10. The summed E-state index contributed by atoms with van der Waals surface area (Å²) < 4.78 is 5.30. The Balaban J connectivity index is 2.47. The predicted octanol–water partition coefficient (Wildman–Crippen LogP) is 1.57. The van der Waals surface area contributed by atoms with E-state index in [2.05, 4.69) is 0 Å². The summed E-state index contributed by atoms with van der Waals surface area (Å²) in [4.78, 5) is 10.3. The van der Waals surface area contributed by atoms with Crippen LogP contribution in [0.1, 0.15) is 5.56 Å². The van der Waals surface area contributed by atoms with E-state index < -0.39 is 0 Å². The molecule has 2 nitrogen and oxygen atoms in total. The van der Waals surface area contributed by atoms with E-state index in [9.17, 15) is 4.79 Å². The summed E-state index contributed by atoms with van der Waals surface area (Å²) in [5.74, 6) is 0.830. The Labute approximate surface area is 70.5 Å². The zero-order valence-electron chi connectivity index (χ0n) is 6.41. The average Bonchev–Trinajstić information content (AvgIpc) is 2.17. The third-order valence-electron chi connectivity index (χ3n) is 1.76. The summed E-state index contributed by atoms with van der Waals surface area (Å²) in [5.41, 5.74) is 1.51. The zero-order valence-corrected chi connectivity index (χ0v) is 6.41. The molecule has 1 radical (unpaired) electrons. The number of hydrogen-bond donors (Lipinski definition) is 0. The largest absolute Gasteiger partial charge is 0.488 e. The molecule has 0 atom stereocenters. The highest BCUT2D eigenvalue weighted by atomic mass is 16.5. The zero-order chi connectivity index (χ0) is 8.39. The monoisotopic (exact) mass is 159 g/mol. The summed E-state index contributed by atoms with van der Waals surface area (Å²) in [6.07, 6.45) is 3.63. The van der Waals surface area contributed by atoms with Crippen LogP contribution < -0.4 is 4.74 Å². The molecule has 1 aliphatic heterocycles. The smallest absolute Gasteiger partial charge is 0.232 e. The van der Waals surface area contributed by atoms with Gasteiger partial charge >= 0.3 is 0 Å². The van der Waals surface area contributed by atoms with Gasteiger partial charge in [0.15, 0.2) is 0 Å². The lowest BCUT2D eigenvalue weighted by Gasteiger charge is -2.13. The lowest BCUT2D eigenvalue weighted by molar-refractivity contribution is 0.351.